The Bertz CT molecular complexity index is 488. The number of primary amides is 1. The summed E-state index contributed by atoms with van der Waals surface area (Å²) in [5.41, 5.74) is 4.97. The summed E-state index contributed by atoms with van der Waals surface area (Å²) in [7, 11) is 0. The van der Waals surface area contributed by atoms with E-state index in [4.69, 9.17) is 15.9 Å². The first kappa shape index (κ1) is 13.4. The monoisotopic (exact) mass is 253 g/mol. The van der Waals surface area contributed by atoms with Gasteiger partial charge in [-0.15, -0.1) is 0 Å². The van der Waals surface area contributed by atoms with Crippen LogP contribution in [-0.2, 0) is 9.59 Å². The Kier molecular flexibility index (Phi) is 4.19. The highest BCUT2D eigenvalue weighted by Gasteiger charge is 2.21. The molecule has 1 aromatic heterocycles. The predicted octanol–water partition coefficient (Wildman–Crippen LogP) is -0.480. The summed E-state index contributed by atoms with van der Waals surface area (Å²) >= 11 is 0. The Morgan fingerprint density at radius 2 is 2.00 bits per heavy atom. The topological polar surface area (TPSA) is 143 Å². The van der Waals surface area contributed by atoms with Gasteiger partial charge < -0.3 is 21.3 Å². The molecule has 0 spiro atoms. The van der Waals surface area contributed by atoms with Crippen molar-refractivity contribution < 1.29 is 24.6 Å². The summed E-state index contributed by atoms with van der Waals surface area (Å²) in [6.07, 6.45) is -0.613. The summed E-state index contributed by atoms with van der Waals surface area (Å²) in [5.74, 6) is -3.28. The minimum atomic E-state index is -1.34. The lowest BCUT2D eigenvalue weighted by Gasteiger charge is -2.13. The molecule has 8 nitrogen and oxygen atoms in total. The van der Waals surface area contributed by atoms with Gasteiger partial charge in [0.1, 0.15) is 17.6 Å². The molecule has 0 saturated carbocycles. The zero-order chi connectivity index (χ0) is 13.7. The van der Waals surface area contributed by atoms with E-state index < -0.39 is 30.3 Å². The van der Waals surface area contributed by atoms with Gasteiger partial charge in [-0.05, 0) is 12.1 Å². The molecule has 1 aromatic rings. The Balaban J connectivity index is 2.86. The molecule has 18 heavy (non-hydrogen) atoms. The van der Waals surface area contributed by atoms with Crippen molar-refractivity contribution in [2.75, 3.05) is 5.32 Å². The lowest BCUT2D eigenvalue weighted by molar-refractivity contribution is -0.144. The summed E-state index contributed by atoms with van der Waals surface area (Å²) in [6, 6.07) is 2.89. The van der Waals surface area contributed by atoms with Gasteiger partial charge in [0.15, 0.2) is 0 Å². The van der Waals surface area contributed by atoms with Gasteiger partial charge in [0.05, 0.1) is 6.42 Å². The normalized spacial score (nSPS) is 11.6. The maximum Gasteiger partial charge on any atom is 0.326 e. The quantitative estimate of drug-likeness (QED) is 0.536. The molecular formula is C10H11N3O5. The number of anilines is 1. The number of carboxylic acid groups (broad SMARTS) is 2. The van der Waals surface area contributed by atoms with Crippen molar-refractivity contribution in [1.29, 1.82) is 0 Å². The number of nitrogens with zero attached hydrogens (tertiary/aromatic N) is 1. The highest BCUT2D eigenvalue weighted by molar-refractivity contribution is 5.91. The lowest BCUT2D eigenvalue weighted by Crippen LogP contribution is -2.32. The van der Waals surface area contributed by atoms with Crippen molar-refractivity contribution in [1.82, 2.24) is 4.98 Å². The largest absolute Gasteiger partial charge is 0.481 e. The summed E-state index contributed by atoms with van der Waals surface area (Å²) in [6.45, 7) is 0. The maximum atomic E-state index is 10.9. The van der Waals surface area contributed by atoms with Gasteiger partial charge in [0.25, 0.3) is 5.91 Å². The summed E-state index contributed by atoms with van der Waals surface area (Å²) in [4.78, 5) is 35.9. The average Bonchev–Trinajstić information content (AvgIpc) is 2.27. The van der Waals surface area contributed by atoms with Crippen molar-refractivity contribution in [3.8, 4) is 0 Å². The molecule has 1 unspecified atom stereocenters. The maximum absolute atomic E-state index is 10.9. The van der Waals surface area contributed by atoms with Crippen molar-refractivity contribution in [2.45, 2.75) is 12.5 Å². The van der Waals surface area contributed by atoms with Crippen LogP contribution in [0.2, 0.25) is 0 Å². The molecule has 8 heteroatoms. The van der Waals surface area contributed by atoms with Crippen LogP contribution >= 0.6 is 0 Å². The van der Waals surface area contributed by atoms with E-state index in [-0.39, 0.29) is 11.5 Å². The van der Waals surface area contributed by atoms with E-state index in [0.29, 0.717) is 0 Å². The fourth-order valence-corrected chi connectivity index (χ4v) is 1.21. The van der Waals surface area contributed by atoms with Crippen LogP contribution in [0, 0.1) is 0 Å². The fraction of sp³-hybridized carbons (Fsp3) is 0.200. The predicted molar refractivity (Wildman–Crippen MR) is 60.1 cm³/mol. The Morgan fingerprint density at radius 1 is 1.33 bits per heavy atom. The molecule has 0 aliphatic carbocycles. The first-order chi connectivity index (χ1) is 8.40. The molecule has 0 radical (unpaired) electrons. The highest BCUT2D eigenvalue weighted by atomic mass is 16.4. The van der Waals surface area contributed by atoms with Crippen molar-refractivity contribution in [2.24, 2.45) is 5.73 Å². The molecule has 0 aromatic carbocycles. The number of hydrogen-bond donors (Lipinski definition) is 4. The molecule has 0 aliphatic rings. The second kappa shape index (κ2) is 5.62. The SMILES string of the molecule is NC(=O)c1cccc(NC(CC(=O)O)C(=O)O)n1. The molecule has 0 bridgehead atoms. The molecule has 5 N–H and O–H groups in total. The van der Waals surface area contributed by atoms with Crippen LogP contribution in [-0.4, -0.2) is 39.1 Å². The van der Waals surface area contributed by atoms with Crippen molar-refractivity contribution >= 4 is 23.7 Å². The summed E-state index contributed by atoms with van der Waals surface area (Å²) < 4.78 is 0. The number of nitrogens with two attached hydrogens (primary N) is 1. The zero-order valence-corrected chi connectivity index (χ0v) is 9.16. The molecule has 0 saturated heterocycles. The van der Waals surface area contributed by atoms with Crippen LogP contribution in [0.15, 0.2) is 18.2 Å². The second-order valence-corrected chi connectivity index (χ2v) is 3.41. The first-order valence-electron chi connectivity index (χ1n) is 4.88. The molecule has 1 amide bonds. The highest BCUT2D eigenvalue weighted by Crippen LogP contribution is 2.08. The number of aromatic nitrogens is 1. The van der Waals surface area contributed by atoms with Gasteiger partial charge >= 0.3 is 11.9 Å². The van der Waals surface area contributed by atoms with Crippen LogP contribution in [0.3, 0.4) is 0 Å². The van der Waals surface area contributed by atoms with Gasteiger partial charge in [0, 0.05) is 0 Å². The average molecular weight is 253 g/mol. The number of carbonyl (C=O) groups excluding carboxylic acids is 1. The first-order valence-corrected chi connectivity index (χ1v) is 4.88. The molecule has 1 rings (SSSR count). The molecule has 0 aliphatic heterocycles. The van der Waals surface area contributed by atoms with E-state index in [9.17, 15) is 14.4 Å². The Hall–Kier alpha value is -2.64. The number of aliphatic carboxylic acids is 2. The van der Waals surface area contributed by atoms with Crippen molar-refractivity contribution in [3.05, 3.63) is 23.9 Å². The number of carbonyl (C=O) groups is 3. The van der Waals surface area contributed by atoms with Crippen LogP contribution in [0.4, 0.5) is 5.82 Å². The van der Waals surface area contributed by atoms with Crippen LogP contribution in [0.1, 0.15) is 16.9 Å². The van der Waals surface area contributed by atoms with E-state index in [1.807, 2.05) is 0 Å². The standard InChI is InChI=1S/C10H11N3O5/c11-9(16)5-2-1-3-7(12-5)13-6(10(17)18)4-8(14)15/h1-3,6H,4H2,(H2,11,16)(H,12,13)(H,14,15)(H,17,18). The third-order valence-electron chi connectivity index (χ3n) is 2.00. The third kappa shape index (κ3) is 3.74. The Labute approximate surface area is 101 Å². The van der Waals surface area contributed by atoms with E-state index in [2.05, 4.69) is 10.3 Å². The van der Waals surface area contributed by atoms with E-state index >= 15 is 0 Å². The molecule has 1 atom stereocenters. The number of nitrogens with one attached hydrogen (secondary N) is 1. The zero-order valence-electron chi connectivity index (χ0n) is 9.16. The van der Waals surface area contributed by atoms with Gasteiger partial charge in [-0.1, -0.05) is 6.07 Å². The number of amides is 1. The van der Waals surface area contributed by atoms with Gasteiger partial charge in [0.2, 0.25) is 0 Å². The van der Waals surface area contributed by atoms with Crippen molar-refractivity contribution in [3.63, 3.8) is 0 Å². The molecular weight excluding hydrogens is 242 g/mol. The van der Waals surface area contributed by atoms with Gasteiger partial charge in [-0.2, -0.15) is 0 Å². The smallest absolute Gasteiger partial charge is 0.326 e. The number of rotatable bonds is 6. The van der Waals surface area contributed by atoms with Gasteiger partial charge in [-0.25, -0.2) is 9.78 Å². The molecule has 1 heterocycles. The Morgan fingerprint density at radius 3 is 2.50 bits per heavy atom. The number of carboxylic acids is 2. The van der Waals surface area contributed by atoms with Crippen LogP contribution in [0.25, 0.3) is 0 Å². The number of pyridine rings is 1. The summed E-state index contributed by atoms with van der Waals surface area (Å²) in [5, 5.41) is 19.8. The molecule has 96 valence electrons. The van der Waals surface area contributed by atoms with E-state index in [1.165, 1.54) is 18.2 Å². The van der Waals surface area contributed by atoms with Gasteiger partial charge in [-0.3, -0.25) is 9.59 Å². The third-order valence-corrected chi connectivity index (χ3v) is 2.00. The van der Waals surface area contributed by atoms with Crippen LogP contribution < -0.4 is 11.1 Å². The van der Waals surface area contributed by atoms with E-state index in [1.54, 1.807) is 0 Å². The van der Waals surface area contributed by atoms with E-state index in [0.717, 1.165) is 0 Å². The lowest BCUT2D eigenvalue weighted by atomic mass is 10.2. The minimum absolute atomic E-state index is 0.0422. The second-order valence-electron chi connectivity index (χ2n) is 3.41. The number of hydrogen-bond acceptors (Lipinski definition) is 5. The minimum Gasteiger partial charge on any atom is -0.481 e. The van der Waals surface area contributed by atoms with Crippen LogP contribution in [0.5, 0.6) is 0 Å². The molecule has 0 fully saturated rings. The fourth-order valence-electron chi connectivity index (χ4n) is 1.21.